The second kappa shape index (κ2) is 11.1. The Bertz CT molecular complexity index is 894. The molecule has 152 valence electrons. The third kappa shape index (κ3) is 7.16. The fourth-order valence-electron chi connectivity index (χ4n) is 2.81. The third-order valence-corrected chi connectivity index (χ3v) is 4.35. The van der Waals surface area contributed by atoms with Gasteiger partial charge in [-0.25, -0.2) is 0 Å². The summed E-state index contributed by atoms with van der Waals surface area (Å²) < 4.78 is 4.97. The van der Waals surface area contributed by atoms with Crippen LogP contribution in [-0.4, -0.2) is 43.6 Å². The van der Waals surface area contributed by atoms with E-state index in [2.05, 4.69) is 10.3 Å². The number of benzene rings is 2. The standard InChI is InChI=1S/C22H23ClN2O4/c1-3-29-21(27)13-19(25-22(28)20(26)14-24-2)11-15-7-9-16(10-8-15)17-5-4-6-18(23)12-17/h4-10,12,14,19H,3,11,13H2,1-2H3,(H,25,28)/t19-/m1/s1. The van der Waals surface area contributed by atoms with Crippen molar-refractivity contribution in [1.82, 2.24) is 5.32 Å². The molecular formula is C22H23ClN2O4. The van der Waals surface area contributed by atoms with E-state index in [0.717, 1.165) is 22.9 Å². The van der Waals surface area contributed by atoms with Crippen molar-refractivity contribution in [3.8, 4) is 11.1 Å². The highest BCUT2D eigenvalue weighted by atomic mass is 35.5. The van der Waals surface area contributed by atoms with Crippen molar-refractivity contribution in [2.45, 2.75) is 25.8 Å². The van der Waals surface area contributed by atoms with Gasteiger partial charge in [0.15, 0.2) is 0 Å². The lowest BCUT2D eigenvalue weighted by molar-refractivity contribution is -0.144. The van der Waals surface area contributed by atoms with Gasteiger partial charge >= 0.3 is 5.97 Å². The van der Waals surface area contributed by atoms with E-state index in [1.54, 1.807) is 6.92 Å². The van der Waals surface area contributed by atoms with Crippen molar-refractivity contribution in [3.05, 3.63) is 59.1 Å². The molecule has 1 atom stereocenters. The van der Waals surface area contributed by atoms with Gasteiger partial charge < -0.3 is 10.1 Å². The molecule has 7 heteroatoms. The van der Waals surface area contributed by atoms with Crippen LogP contribution in [0.15, 0.2) is 53.5 Å². The Morgan fingerprint density at radius 3 is 2.48 bits per heavy atom. The lowest BCUT2D eigenvalue weighted by Crippen LogP contribution is -2.42. The topological polar surface area (TPSA) is 84.8 Å². The van der Waals surface area contributed by atoms with Gasteiger partial charge in [0.2, 0.25) is 0 Å². The molecule has 1 amide bonds. The summed E-state index contributed by atoms with van der Waals surface area (Å²) in [4.78, 5) is 39.2. The maximum atomic E-state index is 12.0. The number of hydrogen-bond donors (Lipinski definition) is 1. The zero-order valence-corrected chi connectivity index (χ0v) is 17.1. The Morgan fingerprint density at radius 2 is 1.86 bits per heavy atom. The van der Waals surface area contributed by atoms with Gasteiger partial charge in [-0.1, -0.05) is 48.0 Å². The van der Waals surface area contributed by atoms with E-state index < -0.39 is 23.7 Å². The number of ether oxygens (including phenoxy) is 1. The molecule has 1 N–H and O–H groups in total. The average Bonchev–Trinajstić information content (AvgIpc) is 2.68. The van der Waals surface area contributed by atoms with Crippen molar-refractivity contribution < 1.29 is 19.1 Å². The Morgan fingerprint density at radius 1 is 1.14 bits per heavy atom. The number of ketones is 1. The number of Topliss-reactive ketones (excluding diaryl/α,β-unsaturated/α-hetero) is 1. The molecule has 0 aliphatic rings. The molecule has 0 aromatic heterocycles. The maximum Gasteiger partial charge on any atom is 0.307 e. The van der Waals surface area contributed by atoms with E-state index in [9.17, 15) is 14.4 Å². The zero-order valence-electron chi connectivity index (χ0n) is 16.4. The molecule has 0 saturated carbocycles. The molecule has 0 spiro atoms. The molecule has 2 aromatic rings. The summed E-state index contributed by atoms with van der Waals surface area (Å²) >= 11 is 6.04. The molecule has 0 fully saturated rings. The fourth-order valence-corrected chi connectivity index (χ4v) is 3.00. The summed E-state index contributed by atoms with van der Waals surface area (Å²) in [7, 11) is 1.41. The second-order valence-electron chi connectivity index (χ2n) is 6.34. The highest BCUT2D eigenvalue weighted by Crippen LogP contribution is 2.23. The van der Waals surface area contributed by atoms with Crippen LogP contribution in [0.3, 0.4) is 0 Å². The van der Waals surface area contributed by atoms with E-state index in [4.69, 9.17) is 16.3 Å². The lowest BCUT2D eigenvalue weighted by Gasteiger charge is -2.17. The van der Waals surface area contributed by atoms with Crippen LogP contribution in [0.4, 0.5) is 0 Å². The molecule has 0 radical (unpaired) electrons. The van der Waals surface area contributed by atoms with Crippen LogP contribution in [0, 0.1) is 0 Å². The minimum Gasteiger partial charge on any atom is -0.466 e. The number of halogens is 1. The largest absolute Gasteiger partial charge is 0.466 e. The van der Waals surface area contributed by atoms with Crippen LogP contribution in [0.5, 0.6) is 0 Å². The molecule has 0 aliphatic heterocycles. The summed E-state index contributed by atoms with van der Waals surface area (Å²) in [6, 6.07) is 14.7. The molecule has 6 nitrogen and oxygen atoms in total. The van der Waals surface area contributed by atoms with Crippen LogP contribution in [0.1, 0.15) is 18.9 Å². The van der Waals surface area contributed by atoms with Gasteiger partial charge in [-0.15, -0.1) is 0 Å². The first-order valence-corrected chi connectivity index (χ1v) is 9.58. The number of hydrogen-bond acceptors (Lipinski definition) is 5. The number of carbonyl (C=O) groups is 3. The quantitative estimate of drug-likeness (QED) is 0.387. The van der Waals surface area contributed by atoms with Gasteiger partial charge in [0.1, 0.15) is 0 Å². The van der Waals surface area contributed by atoms with Crippen molar-refractivity contribution in [2.75, 3.05) is 13.7 Å². The van der Waals surface area contributed by atoms with E-state index in [1.165, 1.54) is 7.05 Å². The second-order valence-corrected chi connectivity index (χ2v) is 6.78. The first-order valence-electron chi connectivity index (χ1n) is 9.20. The first kappa shape index (κ1) is 22.3. The molecule has 0 bridgehead atoms. The van der Waals surface area contributed by atoms with Crippen LogP contribution < -0.4 is 5.32 Å². The molecule has 29 heavy (non-hydrogen) atoms. The van der Waals surface area contributed by atoms with E-state index in [0.29, 0.717) is 11.4 Å². The number of rotatable bonds is 9. The number of amides is 1. The molecular weight excluding hydrogens is 392 g/mol. The molecule has 0 saturated heterocycles. The average molecular weight is 415 g/mol. The number of aliphatic imine (C=N–C) groups is 1. The predicted molar refractivity (Wildman–Crippen MR) is 113 cm³/mol. The predicted octanol–water partition coefficient (Wildman–Crippen LogP) is 3.26. The van der Waals surface area contributed by atoms with Gasteiger partial charge in [-0.2, -0.15) is 0 Å². The smallest absolute Gasteiger partial charge is 0.307 e. The summed E-state index contributed by atoms with van der Waals surface area (Å²) in [6.07, 6.45) is 1.28. The highest BCUT2D eigenvalue weighted by Gasteiger charge is 2.21. The number of nitrogens with one attached hydrogen (secondary N) is 1. The van der Waals surface area contributed by atoms with Crippen LogP contribution >= 0.6 is 11.6 Å². The van der Waals surface area contributed by atoms with Crippen LogP contribution in [0.2, 0.25) is 5.02 Å². The molecule has 0 heterocycles. The van der Waals surface area contributed by atoms with Crippen molar-refractivity contribution in [2.24, 2.45) is 4.99 Å². The monoisotopic (exact) mass is 414 g/mol. The van der Waals surface area contributed by atoms with Gasteiger partial charge in [-0.05, 0) is 42.2 Å². The van der Waals surface area contributed by atoms with Gasteiger partial charge in [-0.3, -0.25) is 19.4 Å². The number of carbonyl (C=O) groups excluding carboxylic acids is 3. The fraction of sp³-hybridized carbons (Fsp3) is 0.273. The number of esters is 1. The highest BCUT2D eigenvalue weighted by molar-refractivity contribution is 6.58. The summed E-state index contributed by atoms with van der Waals surface area (Å²) in [5.74, 6) is -2.01. The van der Waals surface area contributed by atoms with Crippen molar-refractivity contribution in [3.63, 3.8) is 0 Å². The van der Waals surface area contributed by atoms with E-state index >= 15 is 0 Å². The van der Waals surface area contributed by atoms with Crippen LogP contribution in [-0.2, 0) is 25.5 Å². The minimum atomic E-state index is -0.805. The normalized spacial score (nSPS) is 11.8. The molecule has 0 unspecified atom stereocenters. The Labute approximate surface area is 174 Å². The molecule has 2 rings (SSSR count). The summed E-state index contributed by atoms with van der Waals surface area (Å²) in [6.45, 7) is 1.95. The van der Waals surface area contributed by atoms with Crippen LogP contribution in [0.25, 0.3) is 11.1 Å². The third-order valence-electron chi connectivity index (χ3n) is 4.12. The van der Waals surface area contributed by atoms with Crippen molar-refractivity contribution >= 4 is 35.5 Å². The first-order chi connectivity index (χ1) is 13.9. The molecule has 0 aliphatic carbocycles. The van der Waals surface area contributed by atoms with Gasteiger partial charge in [0.25, 0.3) is 11.7 Å². The zero-order chi connectivity index (χ0) is 21.2. The maximum absolute atomic E-state index is 12.0. The SMILES string of the molecule is CCOC(=O)C[C@@H](Cc1ccc(-c2cccc(Cl)c2)cc1)NC(=O)C(=O)C=NC. The molecule has 2 aromatic carbocycles. The lowest BCUT2D eigenvalue weighted by atomic mass is 9.99. The van der Waals surface area contributed by atoms with E-state index in [1.807, 2.05) is 48.5 Å². The number of nitrogens with zero attached hydrogens (tertiary/aromatic N) is 1. The Kier molecular flexibility index (Phi) is 8.55. The van der Waals surface area contributed by atoms with Crippen molar-refractivity contribution in [1.29, 1.82) is 0 Å². The summed E-state index contributed by atoms with van der Waals surface area (Å²) in [5, 5.41) is 3.25. The van der Waals surface area contributed by atoms with E-state index in [-0.39, 0.29) is 13.0 Å². The minimum absolute atomic E-state index is 0.0355. The Hall–Kier alpha value is -2.99. The van der Waals surface area contributed by atoms with Gasteiger partial charge in [0.05, 0.1) is 19.2 Å². The summed E-state index contributed by atoms with van der Waals surface area (Å²) in [5.41, 5.74) is 2.89. The Balaban J connectivity index is 2.13. The van der Waals surface area contributed by atoms with Gasteiger partial charge in [0, 0.05) is 18.1 Å².